The van der Waals surface area contributed by atoms with E-state index in [1.54, 1.807) is 30.1 Å². The largest absolute Gasteiger partial charge is 0.493 e. The minimum atomic E-state index is -0.139. The second-order valence-corrected chi connectivity index (χ2v) is 5.49. The molecule has 0 fully saturated rings. The van der Waals surface area contributed by atoms with E-state index >= 15 is 0 Å². The number of rotatable bonds is 7. The van der Waals surface area contributed by atoms with Crippen molar-refractivity contribution in [2.75, 3.05) is 20.8 Å². The summed E-state index contributed by atoms with van der Waals surface area (Å²) in [6.07, 6.45) is 0.730. The van der Waals surface area contributed by atoms with Gasteiger partial charge in [0.2, 0.25) is 0 Å². The lowest BCUT2D eigenvalue weighted by molar-refractivity contribution is -0.132. The number of likely N-dealkylation sites (N-methyl/N-ethyl adjacent to an activating group) is 1. The molecule has 1 amide bonds. The van der Waals surface area contributed by atoms with Gasteiger partial charge in [0.25, 0.3) is 5.91 Å². The Morgan fingerprint density at radius 3 is 2.58 bits per heavy atom. The highest BCUT2D eigenvalue weighted by Gasteiger charge is 2.13. The van der Waals surface area contributed by atoms with Crippen molar-refractivity contribution in [3.05, 3.63) is 59.2 Å². The van der Waals surface area contributed by atoms with Crippen LogP contribution in [-0.4, -0.2) is 37.9 Å². The summed E-state index contributed by atoms with van der Waals surface area (Å²) in [6, 6.07) is 12.8. The molecule has 0 bridgehead atoms. The molecule has 0 aromatic heterocycles. The van der Waals surface area contributed by atoms with Crippen molar-refractivity contribution in [1.82, 2.24) is 4.90 Å². The van der Waals surface area contributed by atoms with Crippen LogP contribution in [0.4, 0.5) is 0 Å². The molecule has 0 saturated heterocycles. The zero-order chi connectivity index (χ0) is 17.5. The molecule has 0 aliphatic heterocycles. The smallest absolute Gasteiger partial charge is 0.260 e. The average Bonchev–Trinajstić information content (AvgIpc) is 2.61. The molecule has 0 heterocycles. The third-order valence-corrected chi connectivity index (χ3v) is 3.77. The maximum absolute atomic E-state index is 12.3. The first-order chi connectivity index (χ1) is 11.5. The second kappa shape index (κ2) is 8.15. The zero-order valence-electron chi connectivity index (χ0n) is 14.1. The quantitative estimate of drug-likeness (QED) is 0.734. The van der Waals surface area contributed by atoms with Gasteiger partial charge in [-0.2, -0.15) is 0 Å². The van der Waals surface area contributed by atoms with Gasteiger partial charge < -0.3 is 14.4 Å². The topological polar surface area (TPSA) is 55.8 Å². The zero-order valence-corrected chi connectivity index (χ0v) is 14.1. The molecular formula is C19H21NO4. The Hall–Kier alpha value is -2.82. The standard InChI is InChI=1S/C19H21NO4/c1-14-6-4-5-7-16(14)11-20(2)19(22)13-24-17-9-8-15(12-21)10-18(17)23-3/h4-10,12H,11,13H2,1-3H3. The first-order valence-electron chi connectivity index (χ1n) is 7.59. The van der Waals surface area contributed by atoms with Gasteiger partial charge in [0.05, 0.1) is 7.11 Å². The number of hydrogen-bond donors (Lipinski definition) is 0. The van der Waals surface area contributed by atoms with Gasteiger partial charge in [0, 0.05) is 19.2 Å². The maximum Gasteiger partial charge on any atom is 0.260 e. The Morgan fingerprint density at radius 2 is 1.92 bits per heavy atom. The van der Waals surface area contributed by atoms with Gasteiger partial charge >= 0.3 is 0 Å². The van der Waals surface area contributed by atoms with E-state index in [1.807, 2.05) is 31.2 Å². The number of carbonyl (C=O) groups excluding carboxylic acids is 2. The molecule has 0 saturated carbocycles. The lowest BCUT2D eigenvalue weighted by Crippen LogP contribution is -2.31. The monoisotopic (exact) mass is 327 g/mol. The molecular weight excluding hydrogens is 306 g/mol. The van der Waals surface area contributed by atoms with Crippen LogP contribution in [0.3, 0.4) is 0 Å². The van der Waals surface area contributed by atoms with E-state index < -0.39 is 0 Å². The fourth-order valence-electron chi connectivity index (χ4n) is 2.26. The van der Waals surface area contributed by atoms with Crippen LogP contribution >= 0.6 is 0 Å². The first-order valence-corrected chi connectivity index (χ1v) is 7.59. The molecule has 0 unspecified atom stereocenters. The predicted octanol–water partition coefficient (Wildman–Crippen LogP) is 2.85. The van der Waals surface area contributed by atoms with Crippen LogP contribution < -0.4 is 9.47 Å². The molecule has 5 nitrogen and oxygen atoms in total. The Morgan fingerprint density at radius 1 is 1.17 bits per heavy atom. The summed E-state index contributed by atoms with van der Waals surface area (Å²) >= 11 is 0. The number of carbonyl (C=O) groups is 2. The van der Waals surface area contributed by atoms with Gasteiger partial charge in [-0.25, -0.2) is 0 Å². The van der Waals surface area contributed by atoms with Gasteiger partial charge in [-0.05, 0) is 36.2 Å². The van der Waals surface area contributed by atoms with Crippen LogP contribution in [0, 0.1) is 6.92 Å². The first kappa shape index (κ1) is 17.5. The third kappa shape index (κ3) is 4.35. The van der Waals surface area contributed by atoms with Gasteiger partial charge in [0.1, 0.15) is 6.29 Å². The van der Waals surface area contributed by atoms with Gasteiger partial charge in [-0.3, -0.25) is 9.59 Å². The van der Waals surface area contributed by atoms with Gasteiger partial charge in [0.15, 0.2) is 18.1 Å². The summed E-state index contributed by atoms with van der Waals surface area (Å²) in [5, 5.41) is 0. The molecule has 126 valence electrons. The Kier molecular flexibility index (Phi) is 5.95. The lowest BCUT2D eigenvalue weighted by Gasteiger charge is -2.19. The van der Waals surface area contributed by atoms with Crippen molar-refractivity contribution >= 4 is 12.2 Å². The molecule has 0 aliphatic rings. The molecule has 2 rings (SSSR count). The van der Waals surface area contributed by atoms with Crippen molar-refractivity contribution in [1.29, 1.82) is 0 Å². The maximum atomic E-state index is 12.3. The lowest BCUT2D eigenvalue weighted by atomic mass is 10.1. The molecule has 0 N–H and O–H groups in total. The number of aldehydes is 1. The van der Waals surface area contributed by atoms with Gasteiger partial charge in [-0.15, -0.1) is 0 Å². The normalized spacial score (nSPS) is 10.1. The van der Waals surface area contributed by atoms with E-state index in [0.717, 1.165) is 17.4 Å². The van der Waals surface area contributed by atoms with Crippen molar-refractivity contribution in [3.8, 4) is 11.5 Å². The second-order valence-electron chi connectivity index (χ2n) is 5.49. The summed E-state index contributed by atoms with van der Waals surface area (Å²) in [6.45, 7) is 2.44. The number of methoxy groups -OCH3 is 1. The minimum absolute atomic E-state index is 0.0980. The molecule has 0 aliphatic carbocycles. The number of benzene rings is 2. The van der Waals surface area contributed by atoms with Gasteiger partial charge in [-0.1, -0.05) is 24.3 Å². The highest BCUT2D eigenvalue weighted by Crippen LogP contribution is 2.27. The highest BCUT2D eigenvalue weighted by atomic mass is 16.5. The van der Waals surface area contributed by atoms with Crippen molar-refractivity contribution < 1.29 is 19.1 Å². The summed E-state index contributed by atoms with van der Waals surface area (Å²) < 4.78 is 10.7. The summed E-state index contributed by atoms with van der Waals surface area (Å²) in [4.78, 5) is 24.7. The van der Waals surface area contributed by atoms with E-state index in [-0.39, 0.29) is 12.5 Å². The van der Waals surface area contributed by atoms with E-state index in [1.165, 1.54) is 7.11 Å². The summed E-state index contributed by atoms with van der Waals surface area (Å²) in [7, 11) is 3.23. The van der Waals surface area contributed by atoms with Crippen molar-refractivity contribution in [3.63, 3.8) is 0 Å². The van der Waals surface area contributed by atoms with E-state index in [4.69, 9.17) is 9.47 Å². The van der Waals surface area contributed by atoms with E-state index in [2.05, 4.69) is 0 Å². The van der Waals surface area contributed by atoms with Crippen LogP contribution in [0.15, 0.2) is 42.5 Å². The number of nitrogens with zero attached hydrogens (tertiary/aromatic N) is 1. The van der Waals surface area contributed by atoms with E-state index in [9.17, 15) is 9.59 Å². The predicted molar refractivity (Wildman–Crippen MR) is 91.5 cm³/mol. The van der Waals surface area contributed by atoms with Crippen molar-refractivity contribution in [2.45, 2.75) is 13.5 Å². The van der Waals surface area contributed by atoms with Crippen LogP contribution in [0.5, 0.6) is 11.5 Å². The molecule has 0 radical (unpaired) electrons. The number of aryl methyl sites for hydroxylation is 1. The molecule has 0 atom stereocenters. The fraction of sp³-hybridized carbons (Fsp3) is 0.263. The molecule has 24 heavy (non-hydrogen) atoms. The van der Waals surface area contributed by atoms with Crippen LogP contribution in [0.25, 0.3) is 0 Å². The minimum Gasteiger partial charge on any atom is -0.493 e. The number of ether oxygens (including phenoxy) is 2. The highest BCUT2D eigenvalue weighted by molar-refractivity contribution is 5.78. The molecule has 2 aromatic rings. The Bertz CT molecular complexity index is 727. The summed E-state index contributed by atoms with van der Waals surface area (Å²) in [5.74, 6) is 0.717. The van der Waals surface area contributed by atoms with Crippen LogP contribution in [0.1, 0.15) is 21.5 Å². The molecule has 5 heteroatoms. The Balaban J connectivity index is 1.97. The van der Waals surface area contributed by atoms with Crippen LogP contribution in [-0.2, 0) is 11.3 Å². The Labute approximate surface area is 141 Å². The third-order valence-electron chi connectivity index (χ3n) is 3.77. The average molecular weight is 327 g/mol. The van der Waals surface area contributed by atoms with Crippen LogP contribution in [0.2, 0.25) is 0 Å². The SMILES string of the molecule is COc1cc(C=O)ccc1OCC(=O)N(C)Cc1ccccc1C. The number of hydrogen-bond acceptors (Lipinski definition) is 4. The van der Waals surface area contributed by atoms with E-state index in [0.29, 0.717) is 23.6 Å². The molecule has 2 aromatic carbocycles. The van der Waals surface area contributed by atoms with Crippen molar-refractivity contribution in [2.24, 2.45) is 0 Å². The number of amides is 1. The summed E-state index contributed by atoms with van der Waals surface area (Å²) in [5.41, 5.74) is 2.73. The fourth-order valence-corrected chi connectivity index (χ4v) is 2.26. The molecule has 0 spiro atoms.